The minimum absolute atomic E-state index is 0.0914. The van der Waals surface area contributed by atoms with Crippen molar-refractivity contribution in [1.29, 1.82) is 0 Å². The lowest BCUT2D eigenvalue weighted by Gasteiger charge is -2.29. The minimum atomic E-state index is -0.683. The van der Waals surface area contributed by atoms with Gasteiger partial charge < -0.3 is 9.80 Å². The van der Waals surface area contributed by atoms with E-state index in [-0.39, 0.29) is 42.4 Å². The third-order valence-corrected chi connectivity index (χ3v) is 6.57. The van der Waals surface area contributed by atoms with Crippen molar-refractivity contribution < 1.29 is 23.6 Å². The van der Waals surface area contributed by atoms with Gasteiger partial charge >= 0.3 is 0 Å². The van der Waals surface area contributed by atoms with Gasteiger partial charge in [0.05, 0.1) is 0 Å². The van der Waals surface area contributed by atoms with Crippen LogP contribution in [0.3, 0.4) is 0 Å². The molecule has 3 heterocycles. The van der Waals surface area contributed by atoms with Gasteiger partial charge in [-0.25, -0.2) is 4.39 Å². The van der Waals surface area contributed by atoms with E-state index >= 15 is 0 Å². The molecule has 0 aliphatic carbocycles. The smallest absolute Gasteiger partial charge is 0.255 e. The summed E-state index contributed by atoms with van der Waals surface area (Å²) >= 11 is 0. The maximum absolute atomic E-state index is 13.6. The molecule has 8 heteroatoms. The molecule has 0 saturated carbocycles. The van der Waals surface area contributed by atoms with Crippen LogP contribution in [0.5, 0.6) is 0 Å². The number of likely N-dealkylation sites (tertiary alicyclic amines) is 1. The number of imide groups is 1. The highest BCUT2D eigenvalue weighted by atomic mass is 19.1. The molecule has 2 fully saturated rings. The number of amides is 4. The molecule has 2 saturated heterocycles. The van der Waals surface area contributed by atoms with E-state index in [1.807, 2.05) is 6.07 Å². The first kappa shape index (κ1) is 20.4. The zero-order valence-electron chi connectivity index (χ0n) is 17.3. The van der Waals surface area contributed by atoms with Crippen molar-refractivity contribution in [2.45, 2.75) is 37.8 Å². The zero-order chi connectivity index (χ0) is 22.4. The van der Waals surface area contributed by atoms with Crippen LogP contribution in [0.15, 0.2) is 42.5 Å². The molecule has 2 aromatic carbocycles. The molecule has 7 nitrogen and oxygen atoms in total. The Labute approximate surface area is 184 Å². The normalized spacial score (nSPS) is 22.8. The Hall–Kier alpha value is -3.55. The third-order valence-electron chi connectivity index (χ3n) is 6.57. The first-order valence-corrected chi connectivity index (χ1v) is 10.7. The average Bonchev–Trinajstić information content (AvgIpc) is 3.39. The monoisotopic (exact) mass is 435 g/mol. The summed E-state index contributed by atoms with van der Waals surface area (Å²) in [6.45, 7) is 1.33. The lowest BCUT2D eigenvalue weighted by molar-refractivity contribution is -0.136. The number of rotatable bonds is 3. The molecule has 2 aromatic rings. The summed E-state index contributed by atoms with van der Waals surface area (Å²) < 4.78 is 13.6. The number of hydrogen-bond acceptors (Lipinski definition) is 4. The molecule has 4 amide bonds. The number of benzene rings is 2. The number of nitrogens with one attached hydrogen (secondary N) is 1. The molecule has 0 aromatic heterocycles. The Bertz CT molecular complexity index is 1150. The Morgan fingerprint density at radius 3 is 2.69 bits per heavy atom. The van der Waals surface area contributed by atoms with Gasteiger partial charge in [-0.3, -0.25) is 24.5 Å². The fraction of sp³-hybridized carbons (Fsp3) is 0.333. The first-order chi connectivity index (χ1) is 15.4. The van der Waals surface area contributed by atoms with Gasteiger partial charge in [0.1, 0.15) is 11.9 Å². The second kappa shape index (κ2) is 7.85. The van der Waals surface area contributed by atoms with Gasteiger partial charge in [0.2, 0.25) is 11.8 Å². The summed E-state index contributed by atoms with van der Waals surface area (Å²) in [7, 11) is 0. The summed E-state index contributed by atoms with van der Waals surface area (Å²) in [6.07, 6.45) is 1.26. The second-order valence-electron chi connectivity index (χ2n) is 8.56. The molecule has 5 rings (SSSR count). The van der Waals surface area contributed by atoms with Crippen molar-refractivity contribution in [1.82, 2.24) is 15.1 Å². The maximum Gasteiger partial charge on any atom is 0.255 e. The van der Waals surface area contributed by atoms with E-state index in [1.54, 1.807) is 29.2 Å². The summed E-state index contributed by atoms with van der Waals surface area (Å²) in [5.74, 6) is -1.37. The van der Waals surface area contributed by atoms with Crippen LogP contribution in [0.1, 0.15) is 57.0 Å². The number of carbonyl (C=O) groups is 4. The van der Waals surface area contributed by atoms with Crippen LogP contribution < -0.4 is 5.32 Å². The molecule has 164 valence electrons. The molecular weight excluding hydrogens is 413 g/mol. The summed E-state index contributed by atoms with van der Waals surface area (Å²) in [5, 5.41) is 2.29. The lowest BCUT2D eigenvalue weighted by atomic mass is 9.98. The van der Waals surface area contributed by atoms with Gasteiger partial charge in [-0.2, -0.15) is 0 Å². The molecule has 0 bridgehead atoms. The highest BCUT2D eigenvalue weighted by Crippen LogP contribution is 2.31. The van der Waals surface area contributed by atoms with Gasteiger partial charge in [0.25, 0.3) is 11.8 Å². The summed E-state index contributed by atoms with van der Waals surface area (Å²) in [4.78, 5) is 52.8. The molecule has 1 unspecified atom stereocenters. The fourth-order valence-electron chi connectivity index (χ4n) is 4.87. The van der Waals surface area contributed by atoms with E-state index in [0.717, 1.165) is 12.0 Å². The topological polar surface area (TPSA) is 86.8 Å². The molecule has 2 atom stereocenters. The number of hydrogen-bond donors (Lipinski definition) is 1. The molecule has 0 radical (unpaired) electrons. The van der Waals surface area contributed by atoms with Gasteiger partial charge in [-0.15, -0.1) is 0 Å². The second-order valence-corrected chi connectivity index (χ2v) is 8.56. The zero-order valence-corrected chi connectivity index (χ0v) is 17.3. The number of halogens is 1. The number of piperidine rings is 1. The quantitative estimate of drug-likeness (QED) is 0.749. The molecule has 1 N–H and O–H groups in total. The number of nitrogens with zero attached hydrogens (tertiary/aromatic N) is 2. The Kier molecular flexibility index (Phi) is 5.00. The van der Waals surface area contributed by atoms with Crippen LogP contribution in [0.25, 0.3) is 0 Å². The summed E-state index contributed by atoms with van der Waals surface area (Å²) in [5.41, 5.74) is 2.55. The Morgan fingerprint density at radius 1 is 1.06 bits per heavy atom. The predicted molar refractivity (Wildman–Crippen MR) is 112 cm³/mol. The van der Waals surface area contributed by atoms with Crippen LogP contribution in [-0.4, -0.2) is 52.6 Å². The van der Waals surface area contributed by atoms with Gasteiger partial charge in [0, 0.05) is 43.1 Å². The summed E-state index contributed by atoms with van der Waals surface area (Å²) in [6, 6.07) is 10.8. The van der Waals surface area contributed by atoms with E-state index in [9.17, 15) is 23.6 Å². The largest absolute Gasteiger partial charge is 0.338 e. The van der Waals surface area contributed by atoms with Crippen molar-refractivity contribution >= 4 is 23.6 Å². The maximum atomic E-state index is 13.6. The van der Waals surface area contributed by atoms with E-state index in [1.165, 1.54) is 17.0 Å². The number of fused-ring (bicyclic) bond motifs is 1. The Morgan fingerprint density at radius 2 is 1.91 bits per heavy atom. The van der Waals surface area contributed by atoms with Gasteiger partial charge in [-0.1, -0.05) is 12.1 Å². The van der Waals surface area contributed by atoms with Crippen molar-refractivity contribution in [3.63, 3.8) is 0 Å². The van der Waals surface area contributed by atoms with Crippen molar-refractivity contribution in [2.24, 2.45) is 0 Å². The van der Waals surface area contributed by atoms with Crippen LogP contribution in [0.2, 0.25) is 0 Å². The van der Waals surface area contributed by atoms with E-state index in [4.69, 9.17) is 0 Å². The molecule has 3 aliphatic rings. The van der Waals surface area contributed by atoms with E-state index in [0.29, 0.717) is 36.2 Å². The Balaban J connectivity index is 1.30. The highest BCUT2D eigenvalue weighted by Gasteiger charge is 2.39. The lowest BCUT2D eigenvalue weighted by Crippen LogP contribution is -2.52. The fourth-order valence-corrected chi connectivity index (χ4v) is 4.87. The van der Waals surface area contributed by atoms with Crippen LogP contribution in [-0.2, 0) is 16.1 Å². The van der Waals surface area contributed by atoms with Crippen LogP contribution >= 0.6 is 0 Å². The third kappa shape index (κ3) is 3.55. The standard InChI is InChI=1S/C24H22FN3O4/c25-18-3-1-2-14(11-18)16-8-9-27(12-16)23(31)15-4-5-19-17(10-15)13-28(24(19)32)20-6-7-21(29)26-22(20)30/h1-5,10-11,16,20H,6-9,12-13H2,(H,26,29,30)/t16-,20?/m0/s1. The first-order valence-electron chi connectivity index (χ1n) is 10.7. The average molecular weight is 435 g/mol. The molecule has 0 spiro atoms. The van der Waals surface area contributed by atoms with Crippen molar-refractivity contribution in [3.8, 4) is 0 Å². The minimum Gasteiger partial charge on any atom is -0.338 e. The molecule has 3 aliphatic heterocycles. The predicted octanol–water partition coefficient (Wildman–Crippen LogP) is 2.22. The molecular formula is C24H22FN3O4. The van der Waals surface area contributed by atoms with E-state index < -0.39 is 11.9 Å². The highest BCUT2D eigenvalue weighted by molar-refractivity contribution is 6.06. The SMILES string of the molecule is O=C1CCC(N2Cc3cc(C(=O)N4CC[C@H](c5cccc(F)c5)C4)ccc3C2=O)C(=O)N1. The van der Waals surface area contributed by atoms with Crippen molar-refractivity contribution in [2.75, 3.05) is 13.1 Å². The van der Waals surface area contributed by atoms with Crippen LogP contribution in [0.4, 0.5) is 4.39 Å². The van der Waals surface area contributed by atoms with E-state index in [2.05, 4.69) is 5.32 Å². The van der Waals surface area contributed by atoms with Gasteiger partial charge in [-0.05, 0) is 54.3 Å². The van der Waals surface area contributed by atoms with Gasteiger partial charge in [0.15, 0.2) is 0 Å². The van der Waals surface area contributed by atoms with Crippen molar-refractivity contribution in [3.05, 3.63) is 70.5 Å². The molecule has 32 heavy (non-hydrogen) atoms. The number of carbonyl (C=O) groups excluding carboxylic acids is 4. The van der Waals surface area contributed by atoms with Crippen LogP contribution in [0, 0.1) is 5.82 Å².